The van der Waals surface area contributed by atoms with Crippen LogP contribution in [0.25, 0.3) is 0 Å². The molecule has 0 spiro atoms. The quantitative estimate of drug-likeness (QED) is 0.854. The van der Waals surface area contributed by atoms with E-state index in [9.17, 15) is 0 Å². The van der Waals surface area contributed by atoms with Crippen LogP contribution < -0.4 is 10.5 Å². The van der Waals surface area contributed by atoms with Crippen LogP contribution in [0.5, 0.6) is 5.75 Å². The van der Waals surface area contributed by atoms with Gasteiger partial charge in [0, 0.05) is 19.5 Å². The number of likely N-dealkylation sites (tertiary alicyclic amines) is 1. The molecule has 1 aliphatic rings. The van der Waals surface area contributed by atoms with Crippen LogP contribution in [0.3, 0.4) is 0 Å². The van der Waals surface area contributed by atoms with Gasteiger partial charge in [-0.05, 0) is 48.7 Å². The van der Waals surface area contributed by atoms with Crippen LogP contribution in [-0.2, 0) is 13.0 Å². The van der Waals surface area contributed by atoms with Gasteiger partial charge in [0.25, 0.3) is 0 Å². The Hall–Kier alpha value is -1.84. The lowest BCUT2D eigenvalue weighted by Crippen LogP contribution is -2.22. The van der Waals surface area contributed by atoms with Gasteiger partial charge in [-0.2, -0.15) is 0 Å². The molecule has 122 valence electrons. The minimum Gasteiger partial charge on any atom is -0.493 e. The zero-order valence-corrected chi connectivity index (χ0v) is 13.7. The van der Waals surface area contributed by atoms with E-state index in [4.69, 9.17) is 10.5 Å². The second kappa shape index (κ2) is 8.14. The van der Waals surface area contributed by atoms with E-state index in [1.54, 1.807) is 0 Å². The molecule has 0 aliphatic carbocycles. The first-order chi connectivity index (χ1) is 11.3. The Bertz CT molecular complexity index is 582. The molecule has 2 aromatic carbocycles. The highest BCUT2D eigenvalue weighted by molar-refractivity contribution is 5.27. The second-order valence-corrected chi connectivity index (χ2v) is 6.35. The summed E-state index contributed by atoms with van der Waals surface area (Å²) >= 11 is 0. The first kappa shape index (κ1) is 16.0. The molecule has 0 aromatic heterocycles. The zero-order chi connectivity index (χ0) is 15.9. The van der Waals surface area contributed by atoms with Gasteiger partial charge < -0.3 is 10.5 Å². The van der Waals surface area contributed by atoms with E-state index >= 15 is 0 Å². The standard InChI is InChI=1S/C20H26N2O/c21-14-19-10-12-22(16-19)15-18-6-8-20(9-7-18)23-13-11-17-4-2-1-3-5-17/h1-9,19H,10-16,21H2. The van der Waals surface area contributed by atoms with Crippen molar-refractivity contribution < 1.29 is 4.74 Å². The third-order valence-electron chi connectivity index (χ3n) is 4.54. The van der Waals surface area contributed by atoms with Gasteiger partial charge in [-0.25, -0.2) is 0 Å². The van der Waals surface area contributed by atoms with E-state index in [-0.39, 0.29) is 0 Å². The molecule has 1 aliphatic heterocycles. The molecule has 1 heterocycles. The maximum Gasteiger partial charge on any atom is 0.119 e. The summed E-state index contributed by atoms with van der Waals surface area (Å²) in [5, 5.41) is 0. The van der Waals surface area contributed by atoms with Crippen LogP contribution in [0.15, 0.2) is 54.6 Å². The van der Waals surface area contributed by atoms with Crippen molar-refractivity contribution >= 4 is 0 Å². The number of nitrogens with zero attached hydrogens (tertiary/aromatic N) is 1. The fourth-order valence-electron chi connectivity index (χ4n) is 3.13. The van der Waals surface area contributed by atoms with Gasteiger partial charge in [0.15, 0.2) is 0 Å². The summed E-state index contributed by atoms with van der Waals surface area (Å²) < 4.78 is 5.84. The molecule has 23 heavy (non-hydrogen) atoms. The first-order valence-corrected chi connectivity index (χ1v) is 8.51. The molecule has 2 aromatic rings. The highest BCUT2D eigenvalue weighted by Gasteiger charge is 2.20. The molecule has 1 saturated heterocycles. The van der Waals surface area contributed by atoms with E-state index in [1.807, 2.05) is 6.07 Å². The predicted octanol–water partition coefficient (Wildman–Crippen LogP) is 3.09. The summed E-state index contributed by atoms with van der Waals surface area (Å²) in [6, 6.07) is 19.0. The number of benzene rings is 2. The van der Waals surface area contributed by atoms with Crippen LogP contribution >= 0.6 is 0 Å². The van der Waals surface area contributed by atoms with Crippen LogP contribution in [0, 0.1) is 5.92 Å². The highest BCUT2D eigenvalue weighted by Crippen LogP contribution is 2.19. The van der Waals surface area contributed by atoms with Gasteiger partial charge in [0.05, 0.1) is 6.61 Å². The summed E-state index contributed by atoms with van der Waals surface area (Å²) in [7, 11) is 0. The van der Waals surface area contributed by atoms with Gasteiger partial charge in [-0.1, -0.05) is 42.5 Å². The van der Waals surface area contributed by atoms with E-state index < -0.39 is 0 Å². The fourth-order valence-corrected chi connectivity index (χ4v) is 3.13. The van der Waals surface area contributed by atoms with Gasteiger partial charge in [-0.15, -0.1) is 0 Å². The number of hydrogen-bond donors (Lipinski definition) is 1. The SMILES string of the molecule is NCC1CCN(Cc2ccc(OCCc3ccccc3)cc2)C1. The van der Waals surface area contributed by atoms with Crippen molar-refractivity contribution in [2.24, 2.45) is 11.7 Å². The Kier molecular flexibility index (Phi) is 5.67. The summed E-state index contributed by atoms with van der Waals surface area (Å²) in [5.41, 5.74) is 8.41. The van der Waals surface area contributed by atoms with Crippen molar-refractivity contribution in [1.29, 1.82) is 0 Å². The fraction of sp³-hybridized carbons (Fsp3) is 0.400. The molecule has 2 N–H and O–H groups in total. The van der Waals surface area contributed by atoms with E-state index in [0.29, 0.717) is 12.5 Å². The lowest BCUT2D eigenvalue weighted by atomic mass is 10.1. The molecule has 3 rings (SSSR count). The number of ether oxygens (including phenoxy) is 1. The molecule has 0 amide bonds. The topological polar surface area (TPSA) is 38.5 Å². The van der Waals surface area contributed by atoms with Crippen LogP contribution in [0.2, 0.25) is 0 Å². The smallest absolute Gasteiger partial charge is 0.119 e. The Morgan fingerprint density at radius 1 is 1.00 bits per heavy atom. The first-order valence-electron chi connectivity index (χ1n) is 8.51. The molecule has 0 radical (unpaired) electrons. The van der Waals surface area contributed by atoms with Gasteiger partial charge >= 0.3 is 0 Å². The Morgan fingerprint density at radius 3 is 2.48 bits per heavy atom. The van der Waals surface area contributed by atoms with Crippen molar-refractivity contribution in [2.75, 3.05) is 26.2 Å². The lowest BCUT2D eigenvalue weighted by molar-refractivity contribution is 0.314. The third-order valence-corrected chi connectivity index (χ3v) is 4.54. The number of nitrogens with two attached hydrogens (primary N) is 1. The van der Waals surface area contributed by atoms with Crippen molar-refractivity contribution in [2.45, 2.75) is 19.4 Å². The summed E-state index contributed by atoms with van der Waals surface area (Å²) in [5.74, 6) is 1.63. The molecule has 0 bridgehead atoms. The molecule has 0 saturated carbocycles. The Balaban J connectivity index is 1.44. The molecule has 1 unspecified atom stereocenters. The van der Waals surface area contributed by atoms with Gasteiger partial charge in [0.1, 0.15) is 5.75 Å². The molecular formula is C20H26N2O. The Labute approximate surface area is 139 Å². The maximum atomic E-state index is 5.84. The molecular weight excluding hydrogens is 284 g/mol. The number of rotatable bonds is 7. The van der Waals surface area contributed by atoms with Crippen molar-refractivity contribution in [3.05, 3.63) is 65.7 Å². The highest BCUT2D eigenvalue weighted by atomic mass is 16.5. The summed E-state index contributed by atoms with van der Waals surface area (Å²) in [6.07, 6.45) is 2.17. The molecule has 3 nitrogen and oxygen atoms in total. The zero-order valence-electron chi connectivity index (χ0n) is 13.7. The van der Waals surface area contributed by atoms with E-state index in [2.05, 4.69) is 53.4 Å². The van der Waals surface area contributed by atoms with Crippen LogP contribution in [0.1, 0.15) is 17.5 Å². The van der Waals surface area contributed by atoms with Gasteiger partial charge in [-0.3, -0.25) is 4.90 Å². The van der Waals surface area contributed by atoms with Crippen LogP contribution in [0.4, 0.5) is 0 Å². The van der Waals surface area contributed by atoms with Crippen molar-refractivity contribution in [1.82, 2.24) is 4.90 Å². The molecule has 1 fully saturated rings. The predicted molar refractivity (Wildman–Crippen MR) is 94.5 cm³/mol. The Morgan fingerprint density at radius 2 is 1.78 bits per heavy atom. The molecule has 1 atom stereocenters. The second-order valence-electron chi connectivity index (χ2n) is 6.35. The van der Waals surface area contributed by atoms with E-state index in [1.165, 1.54) is 17.5 Å². The van der Waals surface area contributed by atoms with Crippen molar-refractivity contribution in [3.8, 4) is 5.75 Å². The number of hydrogen-bond acceptors (Lipinski definition) is 3. The minimum absolute atomic E-state index is 0.676. The average Bonchev–Trinajstić information content (AvgIpc) is 3.05. The average molecular weight is 310 g/mol. The normalized spacial score (nSPS) is 18.2. The third kappa shape index (κ3) is 4.81. The molecule has 3 heteroatoms. The monoisotopic (exact) mass is 310 g/mol. The van der Waals surface area contributed by atoms with Crippen molar-refractivity contribution in [3.63, 3.8) is 0 Å². The van der Waals surface area contributed by atoms with E-state index in [0.717, 1.165) is 38.3 Å². The lowest BCUT2D eigenvalue weighted by Gasteiger charge is -2.16. The largest absolute Gasteiger partial charge is 0.493 e. The van der Waals surface area contributed by atoms with Gasteiger partial charge in [0.2, 0.25) is 0 Å². The maximum absolute atomic E-state index is 5.84. The minimum atomic E-state index is 0.676. The van der Waals surface area contributed by atoms with Crippen LogP contribution in [-0.4, -0.2) is 31.1 Å². The summed E-state index contributed by atoms with van der Waals surface area (Å²) in [4.78, 5) is 2.49. The summed E-state index contributed by atoms with van der Waals surface area (Å²) in [6.45, 7) is 4.84.